The van der Waals surface area contributed by atoms with Crippen molar-refractivity contribution in [2.24, 2.45) is 5.92 Å². The zero-order chi connectivity index (χ0) is 24.7. The Morgan fingerprint density at radius 2 is 1.88 bits per heavy atom. The molecule has 1 aliphatic rings. The number of halogens is 5. The molecule has 2 heterocycles. The standard InChI is InChI=1S/C22H21F5N2O4/c1-10-16(13-5-6-14(23)17(24)18(13)32-4)19(33-21(10,3)22(25,26)27)20(31)29-12-7-8-28-15(9-12)11(2)30/h5-10,16,19H,1-4H3,(H,28,29,31)/t10-,16+,19-,21-/m1/s1. The van der Waals surface area contributed by atoms with Crippen molar-refractivity contribution in [3.63, 3.8) is 0 Å². The number of pyridine rings is 1. The second-order valence-corrected chi connectivity index (χ2v) is 7.92. The number of nitrogens with one attached hydrogen (secondary N) is 1. The number of hydrogen-bond donors (Lipinski definition) is 1. The molecule has 178 valence electrons. The first-order valence-corrected chi connectivity index (χ1v) is 9.86. The minimum Gasteiger partial charge on any atom is -0.493 e. The van der Waals surface area contributed by atoms with Crippen LogP contribution < -0.4 is 10.1 Å². The fourth-order valence-electron chi connectivity index (χ4n) is 3.95. The Morgan fingerprint density at radius 1 is 1.21 bits per heavy atom. The summed E-state index contributed by atoms with van der Waals surface area (Å²) in [6, 6.07) is 4.43. The number of alkyl halides is 3. The molecule has 0 unspecified atom stereocenters. The number of rotatable bonds is 5. The first kappa shape index (κ1) is 24.6. The van der Waals surface area contributed by atoms with Crippen LogP contribution in [-0.4, -0.2) is 41.7 Å². The summed E-state index contributed by atoms with van der Waals surface area (Å²) in [5.41, 5.74) is -2.77. The van der Waals surface area contributed by atoms with Crippen LogP contribution in [0.5, 0.6) is 5.75 Å². The topological polar surface area (TPSA) is 77.5 Å². The second kappa shape index (κ2) is 8.69. The molecule has 1 aliphatic heterocycles. The van der Waals surface area contributed by atoms with Crippen molar-refractivity contribution in [1.29, 1.82) is 0 Å². The summed E-state index contributed by atoms with van der Waals surface area (Å²) in [5.74, 6) is -7.31. The zero-order valence-corrected chi connectivity index (χ0v) is 18.1. The van der Waals surface area contributed by atoms with Crippen LogP contribution in [0, 0.1) is 17.6 Å². The van der Waals surface area contributed by atoms with Crippen molar-refractivity contribution in [2.45, 2.75) is 44.6 Å². The Labute approximate surface area is 186 Å². The van der Waals surface area contributed by atoms with Crippen LogP contribution in [0.4, 0.5) is 27.6 Å². The van der Waals surface area contributed by atoms with Crippen molar-refractivity contribution in [2.75, 3.05) is 12.4 Å². The van der Waals surface area contributed by atoms with Crippen LogP contribution in [-0.2, 0) is 9.53 Å². The average molecular weight is 472 g/mol. The van der Waals surface area contributed by atoms with Crippen LogP contribution in [0.2, 0.25) is 0 Å². The van der Waals surface area contributed by atoms with E-state index in [1.165, 1.54) is 32.2 Å². The number of carbonyl (C=O) groups is 2. The Morgan fingerprint density at radius 3 is 2.45 bits per heavy atom. The molecule has 6 nitrogen and oxygen atoms in total. The molecule has 1 aromatic carbocycles. The third kappa shape index (κ3) is 4.29. The minimum atomic E-state index is -4.87. The summed E-state index contributed by atoms with van der Waals surface area (Å²) >= 11 is 0. The summed E-state index contributed by atoms with van der Waals surface area (Å²) in [6.45, 7) is 3.27. The summed E-state index contributed by atoms with van der Waals surface area (Å²) in [4.78, 5) is 28.5. The number of methoxy groups -OCH3 is 1. The van der Waals surface area contributed by atoms with Crippen molar-refractivity contribution in [1.82, 2.24) is 4.98 Å². The molecular formula is C22H21F5N2O4. The molecule has 33 heavy (non-hydrogen) atoms. The molecular weight excluding hydrogens is 451 g/mol. The van der Waals surface area contributed by atoms with Gasteiger partial charge in [0.2, 0.25) is 5.82 Å². The number of ether oxygens (including phenoxy) is 2. The van der Waals surface area contributed by atoms with Gasteiger partial charge in [-0.25, -0.2) is 4.39 Å². The zero-order valence-electron chi connectivity index (χ0n) is 18.1. The van der Waals surface area contributed by atoms with E-state index < -0.39 is 53.0 Å². The third-order valence-electron chi connectivity index (χ3n) is 5.96. The molecule has 0 radical (unpaired) electrons. The van der Waals surface area contributed by atoms with E-state index in [0.29, 0.717) is 0 Å². The van der Waals surface area contributed by atoms with E-state index in [-0.39, 0.29) is 22.7 Å². The van der Waals surface area contributed by atoms with E-state index in [1.807, 2.05) is 0 Å². The van der Waals surface area contributed by atoms with E-state index in [2.05, 4.69) is 10.3 Å². The van der Waals surface area contributed by atoms with Gasteiger partial charge in [0.15, 0.2) is 23.0 Å². The molecule has 0 aliphatic carbocycles. The average Bonchev–Trinajstić information content (AvgIpc) is 3.02. The fraction of sp³-hybridized carbons (Fsp3) is 0.409. The summed E-state index contributed by atoms with van der Waals surface area (Å²) in [5, 5.41) is 2.42. The Balaban J connectivity index is 2.07. The number of amides is 1. The molecule has 0 spiro atoms. The van der Waals surface area contributed by atoms with E-state index in [4.69, 9.17) is 9.47 Å². The van der Waals surface area contributed by atoms with Gasteiger partial charge < -0.3 is 14.8 Å². The smallest absolute Gasteiger partial charge is 0.417 e. The predicted molar refractivity (Wildman–Crippen MR) is 107 cm³/mol. The highest BCUT2D eigenvalue weighted by Crippen LogP contribution is 2.55. The SMILES string of the molecule is COc1c([C@@H]2[C@@H](C)[C@](C)(C(F)(F)F)O[C@H]2C(=O)Nc2ccnc(C(C)=O)c2)ccc(F)c1F. The molecule has 1 N–H and O–H groups in total. The van der Waals surface area contributed by atoms with Gasteiger partial charge >= 0.3 is 6.18 Å². The van der Waals surface area contributed by atoms with Gasteiger partial charge in [-0.3, -0.25) is 14.6 Å². The highest BCUT2D eigenvalue weighted by molar-refractivity contribution is 5.97. The highest BCUT2D eigenvalue weighted by atomic mass is 19.4. The first-order chi connectivity index (χ1) is 15.3. The van der Waals surface area contributed by atoms with Gasteiger partial charge in [0.05, 0.1) is 7.11 Å². The monoisotopic (exact) mass is 472 g/mol. The maximum atomic E-state index is 14.4. The molecule has 0 bridgehead atoms. The molecule has 1 aromatic heterocycles. The Bertz CT molecular complexity index is 1090. The minimum absolute atomic E-state index is 0.0347. The van der Waals surface area contributed by atoms with Crippen LogP contribution in [0.3, 0.4) is 0 Å². The Hall–Kier alpha value is -3.08. The van der Waals surface area contributed by atoms with Crippen LogP contribution in [0.25, 0.3) is 0 Å². The van der Waals surface area contributed by atoms with Crippen molar-refractivity contribution < 1.29 is 41.0 Å². The second-order valence-electron chi connectivity index (χ2n) is 7.92. The number of nitrogens with zero attached hydrogens (tertiary/aromatic N) is 1. The number of ketones is 1. The van der Waals surface area contributed by atoms with Gasteiger partial charge in [0.25, 0.3) is 5.91 Å². The number of anilines is 1. The molecule has 1 amide bonds. The summed E-state index contributed by atoms with van der Waals surface area (Å²) in [7, 11) is 1.04. The van der Waals surface area contributed by atoms with E-state index in [1.54, 1.807) is 0 Å². The summed E-state index contributed by atoms with van der Waals surface area (Å²) < 4.78 is 80.2. The van der Waals surface area contributed by atoms with E-state index >= 15 is 0 Å². The number of carbonyl (C=O) groups excluding carboxylic acids is 2. The molecule has 1 fully saturated rings. The lowest BCUT2D eigenvalue weighted by molar-refractivity contribution is -0.272. The predicted octanol–water partition coefficient (Wildman–Crippen LogP) is 4.65. The van der Waals surface area contributed by atoms with Crippen LogP contribution in [0.15, 0.2) is 30.5 Å². The molecule has 1 saturated heterocycles. The fourth-order valence-corrected chi connectivity index (χ4v) is 3.95. The normalized spacial score (nSPS) is 25.1. The van der Waals surface area contributed by atoms with Crippen molar-refractivity contribution in [3.8, 4) is 5.75 Å². The van der Waals surface area contributed by atoms with Gasteiger partial charge in [-0.2, -0.15) is 17.6 Å². The lowest BCUT2D eigenvalue weighted by Crippen LogP contribution is -2.47. The highest BCUT2D eigenvalue weighted by Gasteiger charge is 2.65. The van der Waals surface area contributed by atoms with Gasteiger partial charge in [-0.05, 0) is 25.1 Å². The largest absolute Gasteiger partial charge is 0.493 e. The number of aromatic nitrogens is 1. The van der Waals surface area contributed by atoms with Gasteiger partial charge in [0, 0.05) is 36.2 Å². The maximum absolute atomic E-state index is 14.4. The molecule has 0 saturated carbocycles. The summed E-state index contributed by atoms with van der Waals surface area (Å²) in [6.07, 6.45) is -5.36. The van der Waals surface area contributed by atoms with Crippen molar-refractivity contribution >= 4 is 17.4 Å². The number of hydrogen-bond acceptors (Lipinski definition) is 5. The number of benzene rings is 1. The van der Waals surface area contributed by atoms with Gasteiger partial charge in [-0.15, -0.1) is 0 Å². The third-order valence-corrected chi connectivity index (χ3v) is 5.96. The molecule has 3 rings (SSSR count). The number of Topliss-reactive ketones (excluding diaryl/α,β-unsaturated/α-hetero) is 1. The quantitative estimate of drug-likeness (QED) is 0.507. The molecule has 11 heteroatoms. The van der Waals surface area contributed by atoms with E-state index in [9.17, 15) is 31.5 Å². The van der Waals surface area contributed by atoms with Gasteiger partial charge in [-0.1, -0.05) is 13.0 Å². The van der Waals surface area contributed by atoms with Crippen molar-refractivity contribution in [3.05, 3.63) is 53.4 Å². The molecule has 2 aromatic rings. The van der Waals surface area contributed by atoms with Crippen LogP contribution in [0.1, 0.15) is 42.7 Å². The first-order valence-electron chi connectivity index (χ1n) is 9.86. The Kier molecular flexibility index (Phi) is 6.47. The lowest BCUT2D eigenvalue weighted by atomic mass is 9.77. The maximum Gasteiger partial charge on any atom is 0.417 e. The van der Waals surface area contributed by atoms with Gasteiger partial charge in [0.1, 0.15) is 11.8 Å². The molecule has 4 atom stereocenters. The lowest BCUT2D eigenvalue weighted by Gasteiger charge is -2.32. The van der Waals surface area contributed by atoms with Crippen LogP contribution >= 0.6 is 0 Å². The van der Waals surface area contributed by atoms with E-state index in [0.717, 1.165) is 26.2 Å².